The molecule has 0 amide bonds. The number of aromatic nitrogens is 1. The fraction of sp³-hybridized carbons (Fsp3) is 0.429. The standard InChI is InChI=1S/C21H26N2O/c1-21(2,24)17-7-5-16(6-8-17)19-13-23(12-10-15-3-4-15)14-20-18(19)9-11-22-20/h5-9,11,13,15,22,24H,3-4,10,12,14H2,1-2H3. The summed E-state index contributed by atoms with van der Waals surface area (Å²) in [6.07, 6.45) is 8.48. The fourth-order valence-electron chi connectivity index (χ4n) is 3.47. The van der Waals surface area contributed by atoms with Crippen LogP contribution in [0.2, 0.25) is 0 Å². The van der Waals surface area contributed by atoms with Gasteiger partial charge in [-0.15, -0.1) is 0 Å². The number of hydrogen-bond acceptors (Lipinski definition) is 2. The van der Waals surface area contributed by atoms with E-state index in [0.29, 0.717) is 0 Å². The Hall–Kier alpha value is -2.00. The van der Waals surface area contributed by atoms with E-state index in [2.05, 4.69) is 34.3 Å². The van der Waals surface area contributed by atoms with Crippen molar-refractivity contribution in [1.82, 2.24) is 9.88 Å². The number of nitrogens with one attached hydrogen (secondary N) is 1. The number of benzene rings is 1. The fourth-order valence-corrected chi connectivity index (χ4v) is 3.47. The summed E-state index contributed by atoms with van der Waals surface area (Å²) in [5, 5.41) is 10.2. The lowest BCUT2D eigenvalue weighted by atomic mass is 9.92. The molecular formula is C21H26N2O. The highest BCUT2D eigenvalue weighted by atomic mass is 16.3. The van der Waals surface area contributed by atoms with Crippen molar-refractivity contribution in [1.29, 1.82) is 0 Å². The van der Waals surface area contributed by atoms with E-state index in [1.54, 1.807) is 0 Å². The van der Waals surface area contributed by atoms with Crippen molar-refractivity contribution in [2.45, 2.75) is 45.3 Å². The Bertz CT molecular complexity index is 745. The van der Waals surface area contributed by atoms with E-state index >= 15 is 0 Å². The maximum absolute atomic E-state index is 10.2. The smallest absolute Gasteiger partial charge is 0.0840 e. The normalized spacial score (nSPS) is 17.6. The third kappa shape index (κ3) is 3.13. The van der Waals surface area contributed by atoms with Gasteiger partial charge in [0.2, 0.25) is 0 Å². The van der Waals surface area contributed by atoms with Crippen molar-refractivity contribution in [2.75, 3.05) is 6.54 Å². The summed E-state index contributed by atoms with van der Waals surface area (Å²) < 4.78 is 0. The highest BCUT2D eigenvalue weighted by Gasteiger charge is 2.24. The minimum Gasteiger partial charge on any atom is -0.386 e. The third-order valence-corrected chi connectivity index (χ3v) is 5.22. The van der Waals surface area contributed by atoms with Crippen molar-refractivity contribution in [3.8, 4) is 0 Å². The van der Waals surface area contributed by atoms with Crippen LogP contribution in [0.15, 0.2) is 42.7 Å². The van der Waals surface area contributed by atoms with E-state index in [1.807, 2.05) is 32.2 Å². The maximum atomic E-state index is 10.2. The van der Waals surface area contributed by atoms with Crippen LogP contribution in [0.25, 0.3) is 5.57 Å². The van der Waals surface area contributed by atoms with E-state index in [1.165, 1.54) is 41.7 Å². The van der Waals surface area contributed by atoms with Crippen LogP contribution >= 0.6 is 0 Å². The second-order valence-electron chi connectivity index (χ2n) is 7.75. The Morgan fingerprint density at radius 3 is 2.58 bits per heavy atom. The van der Waals surface area contributed by atoms with Gasteiger partial charge in [-0.1, -0.05) is 37.1 Å². The molecule has 126 valence electrons. The van der Waals surface area contributed by atoms with Crippen LogP contribution in [0.5, 0.6) is 0 Å². The second-order valence-corrected chi connectivity index (χ2v) is 7.75. The molecule has 3 heteroatoms. The molecule has 0 spiro atoms. The minimum atomic E-state index is -0.797. The molecule has 1 aliphatic carbocycles. The Labute approximate surface area is 144 Å². The van der Waals surface area contributed by atoms with Crippen LogP contribution in [0, 0.1) is 5.92 Å². The predicted octanol–water partition coefficient (Wildman–Crippen LogP) is 4.25. The van der Waals surface area contributed by atoms with E-state index in [9.17, 15) is 5.11 Å². The third-order valence-electron chi connectivity index (χ3n) is 5.22. The number of aromatic amines is 1. The molecule has 2 aromatic rings. The number of hydrogen-bond donors (Lipinski definition) is 2. The molecule has 2 aliphatic rings. The average Bonchev–Trinajstić information content (AvgIpc) is 3.27. The topological polar surface area (TPSA) is 39.3 Å². The average molecular weight is 322 g/mol. The first kappa shape index (κ1) is 15.5. The molecule has 4 rings (SSSR count). The Morgan fingerprint density at radius 2 is 1.92 bits per heavy atom. The van der Waals surface area contributed by atoms with Gasteiger partial charge in [-0.2, -0.15) is 0 Å². The number of fused-ring (bicyclic) bond motifs is 1. The zero-order valence-corrected chi connectivity index (χ0v) is 14.5. The molecule has 1 fully saturated rings. The largest absolute Gasteiger partial charge is 0.386 e. The highest BCUT2D eigenvalue weighted by Crippen LogP contribution is 2.35. The van der Waals surface area contributed by atoms with Crippen LogP contribution in [0.3, 0.4) is 0 Å². The lowest BCUT2D eigenvalue weighted by Gasteiger charge is -2.27. The molecular weight excluding hydrogens is 296 g/mol. The number of rotatable bonds is 5. The molecule has 0 unspecified atom stereocenters. The van der Waals surface area contributed by atoms with Gasteiger partial charge in [-0.3, -0.25) is 0 Å². The Morgan fingerprint density at radius 1 is 1.17 bits per heavy atom. The van der Waals surface area contributed by atoms with Crippen molar-refractivity contribution >= 4 is 5.57 Å². The summed E-state index contributed by atoms with van der Waals surface area (Å²) in [5.74, 6) is 0.956. The predicted molar refractivity (Wildman–Crippen MR) is 97.3 cm³/mol. The monoisotopic (exact) mass is 322 g/mol. The summed E-state index contributed by atoms with van der Waals surface area (Å²) in [5.41, 5.74) is 5.23. The quantitative estimate of drug-likeness (QED) is 0.864. The van der Waals surface area contributed by atoms with Gasteiger partial charge < -0.3 is 15.0 Å². The van der Waals surface area contributed by atoms with Gasteiger partial charge in [0.15, 0.2) is 0 Å². The first-order chi connectivity index (χ1) is 11.5. The molecule has 0 bridgehead atoms. The van der Waals surface area contributed by atoms with Crippen LogP contribution in [0.1, 0.15) is 55.5 Å². The number of aliphatic hydroxyl groups is 1. The lowest BCUT2D eigenvalue weighted by molar-refractivity contribution is 0.0786. The molecule has 0 atom stereocenters. The van der Waals surface area contributed by atoms with Gasteiger partial charge in [0.05, 0.1) is 12.1 Å². The molecule has 2 heterocycles. The van der Waals surface area contributed by atoms with Gasteiger partial charge in [0.1, 0.15) is 0 Å². The van der Waals surface area contributed by atoms with Crippen LogP contribution in [-0.2, 0) is 12.1 Å². The van der Waals surface area contributed by atoms with Crippen LogP contribution < -0.4 is 0 Å². The SMILES string of the molecule is CC(C)(O)c1ccc(C2=CN(CCC3CC3)Cc3[nH]ccc32)cc1. The molecule has 1 saturated carbocycles. The van der Waals surface area contributed by atoms with Crippen molar-refractivity contribution in [3.63, 3.8) is 0 Å². The molecule has 1 aromatic carbocycles. The molecule has 0 radical (unpaired) electrons. The Balaban J connectivity index is 1.62. The van der Waals surface area contributed by atoms with Gasteiger partial charge in [-0.05, 0) is 43.4 Å². The molecule has 1 aromatic heterocycles. The lowest BCUT2D eigenvalue weighted by Crippen LogP contribution is -2.23. The highest BCUT2D eigenvalue weighted by molar-refractivity contribution is 5.81. The molecule has 3 nitrogen and oxygen atoms in total. The van der Waals surface area contributed by atoms with Gasteiger partial charge >= 0.3 is 0 Å². The van der Waals surface area contributed by atoms with Crippen molar-refractivity contribution < 1.29 is 5.11 Å². The Kier molecular flexibility index (Phi) is 3.76. The zero-order valence-electron chi connectivity index (χ0n) is 14.5. The van der Waals surface area contributed by atoms with Crippen molar-refractivity contribution in [2.24, 2.45) is 5.92 Å². The zero-order chi connectivity index (χ0) is 16.7. The van der Waals surface area contributed by atoms with E-state index < -0.39 is 5.60 Å². The molecule has 2 N–H and O–H groups in total. The maximum Gasteiger partial charge on any atom is 0.0840 e. The first-order valence-electron chi connectivity index (χ1n) is 8.96. The summed E-state index contributed by atoms with van der Waals surface area (Å²) in [7, 11) is 0. The second kappa shape index (κ2) is 5.82. The van der Waals surface area contributed by atoms with Gasteiger partial charge in [0.25, 0.3) is 0 Å². The summed E-state index contributed by atoms with van der Waals surface area (Å²) in [6.45, 7) is 5.76. The number of nitrogens with zero attached hydrogens (tertiary/aromatic N) is 1. The van der Waals surface area contributed by atoms with Crippen LogP contribution in [-0.4, -0.2) is 21.5 Å². The molecule has 24 heavy (non-hydrogen) atoms. The summed E-state index contributed by atoms with van der Waals surface area (Å²) in [4.78, 5) is 5.84. The number of H-pyrrole nitrogens is 1. The van der Waals surface area contributed by atoms with Gasteiger partial charge in [-0.25, -0.2) is 0 Å². The molecule has 1 aliphatic heterocycles. The summed E-state index contributed by atoms with van der Waals surface area (Å²) >= 11 is 0. The van der Waals surface area contributed by atoms with Crippen LogP contribution in [0.4, 0.5) is 0 Å². The van der Waals surface area contributed by atoms with E-state index in [4.69, 9.17) is 0 Å². The summed E-state index contributed by atoms with van der Waals surface area (Å²) in [6, 6.07) is 10.5. The van der Waals surface area contributed by atoms with E-state index in [0.717, 1.165) is 24.6 Å². The first-order valence-corrected chi connectivity index (χ1v) is 8.96. The van der Waals surface area contributed by atoms with E-state index in [-0.39, 0.29) is 0 Å². The minimum absolute atomic E-state index is 0.797. The molecule has 0 saturated heterocycles. The van der Waals surface area contributed by atoms with Gasteiger partial charge in [0, 0.05) is 35.8 Å². The van der Waals surface area contributed by atoms with Crippen molar-refractivity contribution in [3.05, 3.63) is 65.1 Å².